The molecule has 1 N–H and O–H groups in total. The van der Waals surface area contributed by atoms with Crippen LogP contribution in [0.2, 0.25) is 0 Å². The van der Waals surface area contributed by atoms with Gasteiger partial charge < -0.3 is 9.84 Å². The molecule has 3 nitrogen and oxygen atoms in total. The van der Waals surface area contributed by atoms with Gasteiger partial charge in [0.2, 0.25) is 0 Å². The normalized spacial score (nSPS) is 28.4. The van der Waals surface area contributed by atoms with Crippen LogP contribution in [-0.2, 0) is 10.3 Å². The van der Waals surface area contributed by atoms with E-state index in [0.29, 0.717) is 19.4 Å². The van der Waals surface area contributed by atoms with Crippen molar-refractivity contribution >= 4 is 10.8 Å². The Labute approximate surface area is 106 Å². The Morgan fingerprint density at radius 3 is 3.00 bits per heavy atom. The molecule has 3 heteroatoms. The Bertz CT molecular complexity index is 564. The number of hydrogen-bond donors (Lipinski definition) is 1. The fourth-order valence-corrected chi connectivity index (χ4v) is 2.80. The molecular weight excluding hydrogens is 226 g/mol. The van der Waals surface area contributed by atoms with E-state index < -0.39 is 5.60 Å². The maximum Gasteiger partial charge on any atom is 0.0963 e. The average molecular weight is 243 g/mol. The van der Waals surface area contributed by atoms with Crippen LogP contribution < -0.4 is 0 Å². The third kappa shape index (κ3) is 1.89. The van der Waals surface area contributed by atoms with Gasteiger partial charge in [0.25, 0.3) is 0 Å². The molecule has 1 aliphatic rings. The minimum atomic E-state index is -0.814. The molecule has 0 saturated carbocycles. The topological polar surface area (TPSA) is 42.4 Å². The molecule has 94 valence electrons. The van der Waals surface area contributed by atoms with Gasteiger partial charge >= 0.3 is 0 Å². The smallest absolute Gasteiger partial charge is 0.0963 e. The predicted octanol–water partition coefficient (Wildman–Crippen LogP) is 2.62. The summed E-state index contributed by atoms with van der Waals surface area (Å²) < 4.78 is 5.53. The summed E-state index contributed by atoms with van der Waals surface area (Å²) in [4.78, 5) is 4.26. The number of benzene rings is 1. The Kier molecular flexibility index (Phi) is 2.80. The molecular formula is C15H17NO2. The number of fused-ring (bicyclic) bond motifs is 1. The fourth-order valence-electron chi connectivity index (χ4n) is 2.80. The van der Waals surface area contributed by atoms with Crippen LogP contribution in [0.1, 0.15) is 25.3 Å². The first kappa shape index (κ1) is 11.6. The molecule has 2 unspecified atom stereocenters. The molecule has 18 heavy (non-hydrogen) atoms. The van der Waals surface area contributed by atoms with Crippen LogP contribution in [0, 0.1) is 0 Å². The quantitative estimate of drug-likeness (QED) is 0.837. The highest BCUT2D eigenvalue weighted by molar-refractivity contribution is 5.85. The summed E-state index contributed by atoms with van der Waals surface area (Å²) in [5.74, 6) is 0. The molecule has 1 fully saturated rings. The summed E-state index contributed by atoms with van der Waals surface area (Å²) in [5, 5.41) is 13.0. The molecule has 2 heterocycles. The van der Waals surface area contributed by atoms with Crippen molar-refractivity contribution in [1.29, 1.82) is 0 Å². The molecule has 1 aromatic carbocycles. The molecule has 1 aromatic heterocycles. The second-order valence-corrected chi connectivity index (χ2v) is 5.08. The van der Waals surface area contributed by atoms with Crippen molar-refractivity contribution in [2.24, 2.45) is 0 Å². The zero-order valence-electron chi connectivity index (χ0n) is 10.5. The molecule has 0 spiro atoms. The van der Waals surface area contributed by atoms with Crippen LogP contribution in [0.4, 0.5) is 0 Å². The van der Waals surface area contributed by atoms with Gasteiger partial charge in [-0.1, -0.05) is 24.3 Å². The lowest BCUT2D eigenvalue weighted by atomic mass is 9.83. The van der Waals surface area contributed by atoms with E-state index in [9.17, 15) is 5.11 Å². The standard InChI is InChI=1S/C15H17NO2/c1-11-8-15(17,6-7-18-11)14-10-16-9-12-4-2-3-5-13(12)14/h2-5,9-11,17H,6-8H2,1H3. The molecule has 1 aliphatic heterocycles. The second kappa shape index (κ2) is 4.34. The van der Waals surface area contributed by atoms with Gasteiger partial charge in [-0.15, -0.1) is 0 Å². The third-order valence-electron chi connectivity index (χ3n) is 3.71. The number of ether oxygens (including phenoxy) is 1. The van der Waals surface area contributed by atoms with E-state index >= 15 is 0 Å². The van der Waals surface area contributed by atoms with Gasteiger partial charge in [0.05, 0.1) is 18.3 Å². The first-order chi connectivity index (χ1) is 8.69. The van der Waals surface area contributed by atoms with E-state index in [1.165, 1.54) is 0 Å². The molecule has 2 atom stereocenters. The minimum absolute atomic E-state index is 0.0859. The van der Waals surface area contributed by atoms with Crippen molar-refractivity contribution in [3.63, 3.8) is 0 Å². The SMILES string of the molecule is CC1CC(O)(c2cncc3ccccc23)CCO1. The molecule has 1 saturated heterocycles. The van der Waals surface area contributed by atoms with E-state index in [4.69, 9.17) is 4.74 Å². The lowest BCUT2D eigenvalue weighted by molar-refractivity contribution is -0.101. The van der Waals surface area contributed by atoms with Crippen molar-refractivity contribution in [3.8, 4) is 0 Å². The Balaban J connectivity index is 2.13. The van der Waals surface area contributed by atoms with Gasteiger partial charge in [0.1, 0.15) is 0 Å². The van der Waals surface area contributed by atoms with Crippen LogP contribution in [0.25, 0.3) is 10.8 Å². The summed E-state index contributed by atoms with van der Waals surface area (Å²) >= 11 is 0. The largest absolute Gasteiger partial charge is 0.385 e. The van der Waals surface area contributed by atoms with Crippen LogP contribution in [0.15, 0.2) is 36.7 Å². The highest BCUT2D eigenvalue weighted by atomic mass is 16.5. The van der Waals surface area contributed by atoms with Crippen molar-refractivity contribution < 1.29 is 9.84 Å². The van der Waals surface area contributed by atoms with E-state index in [2.05, 4.69) is 4.98 Å². The Hall–Kier alpha value is -1.45. The van der Waals surface area contributed by atoms with Gasteiger partial charge in [0, 0.05) is 36.2 Å². The number of nitrogens with zero attached hydrogens (tertiary/aromatic N) is 1. The third-order valence-corrected chi connectivity index (χ3v) is 3.71. The lowest BCUT2D eigenvalue weighted by Crippen LogP contribution is -2.37. The first-order valence-electron chi connectivity index (χ1n) is 6.36. The summed E-state index contributed by atoms with van der Waals surface area (Å²) in [5.41, 5.74) is 0.113. The predicted molar refractivity (Wildman–Crippen MR) is 70.3 cm³/mol. The zero-order valence-corrected chi connectivity index (χ0v) is 10.5. The van der Waals surface area contributed by atoms with Crippen molar-refractivity contribution in [3.05, 3.63) is 42.2 Å². The molecule has 3 rings (SSSR count). The summed E-state index contributed by atoms with van der Waals surface area (Å²) in [6.07, 6.45) is 4.98. The zero-order chi connectivity index (χ0) is 12.6. The van der Waals surface area contributed by atoms with Gasteiger partial charge in [-0.25, -0.2) is 0 Å². The van der Waals surface area contributed by atoms with E-state index in [-0.39, 0.29) is 6.10 Å². The molecule has 0 bridgehead atoms. The van der Waals surface area contributed by atoms with E-state index in [1.807, 2.05) is 37.4 Å². The van der Waals surface area contributed by atoms with Crippen LogP contribution in [0.5, 0.6) is 0 Å². The lowest BCUT2D eigenvalue weighted by Gasteiger charge is -2.36. The minimum Gasteiger partial charge on any atom is -0.385 e. The summed E-state index contributed by atoms with van der Waals surface area (Å²) in [6, 6.07) is 8.06. The van der Waals surface area contributed by atoms with Crippen molar-refractivity contribution in [2.75, 3.05) is 6.61 Å². The summed E-state index contributed by atoms with van der Waals surface area (Å²) in [6.45, 7) is 2.60. The molecule has 2 aromatic rings. The highest BCUT2D eigenvalue weighted by Gasteiger charge is 2.36. The number of rotatable bonds is 1. The summed E-state index contributed by atoms with van der Waals surface area (Å²) in [7, 11) is 0. The fraction of sp³-hybridized carbons (Fsp3) is 0.400. The average Bonchev–Trinajstić information content (AvgIpc) is 2.38. The van der Waals surface area contributed by atoms with Gasteiger partial charge in [-0.3, -0.25) is 4.98 Å². The molecule has 0 radical (unpaired) electrons. The monoisotopic (exact) mass is 243 g/mol. The molecule has 0 aliphatic carbocycles. The van der Waals surface area contributed by atoms with Gasteiger partial charge in [-0.2, -0.15) is 0 Å². The maximum atomic E-state index is 10.9. The second-order valence-electron chi connectivity index (χ2n) is 5.08. The van der Waals surface area contributed by atoms with Crippen LogP contribution in [-0.4, -0.2) is 22.8 Å². The first-order valence-corrected chi connectivity index (χ1v) is 6.36. The highest BCUT2D eigenvalue weighted by Crippen LogP contribution is 2.37. The molecule has 0 amide bonds. The Morgan fingerprint density at radius 2 is 2.17 bits per heavy atom. The Morgan fingerprint density at radius 1 is 1.33 bits per heavy atom. The maximum absolute atomic E-state index is 10.9. The number of pyridine rings is 1. The van der Waals surface area contributed by atoms with E-state index in [1.54, 1.807) is 6.20 Å². The van der Waals surface area contributed by atoms with Crippen molar-refractivity contribution in [1.82, 2.24) is 4.98 Å². The van der Waals surface area contributed by atoms with Crippen LogP contribution >= 0.6 is 0 Å². The van der Waals surface area contributed by atoms with Gasteiger partial charge in [-0.05, 0) is 12.3 Å². The van der Waals surface area contributed by atoms with Crippen LogP contribution in [0.3, 0.4) is 0 Å². The number of hydrogen-bond acceptors (Lipinski definition) is 3. The van der Waals surface area contributed by atoms with Crippen molar-refractivity contribution in [2.45, 2.75) is 31.5 Å². The van der Waals surface area contributed by atoms with Gasteiger partial charge in [0.15, 0.2) is 0 Å². The number of aromatic nitrogens is 1. The number of aliphatic hydroxyl groups is 1. The van der Waals surface area contributed by atoms with E-state index in [0.717, 1.165) is 16.3 Å².